The smallest absolute Gasteiger partial charge is 0.263 e. The number of halogens is 2. The number of anilines is 1. The molecule has 2 amide bonds. The molecule has 1 aliphatic rings. The van der Waals surface area contributed by atoms with Gasteiger partial charge < -0.3 is 15.5 Å². The molecule has 2 rings (SSSR count). The summed E-state index contributed by atoms with van der Waals surface area (Å²) in [6, 6.07) is 5.78. The summed E-state index contributed by atoms with van der Waals surface area (Å²) in [5.74, 6) is -0.923. The average molecular weight is 365 g/mol. The number of likely N-dealkylation sites (tertiary alicyclic amines) is 1. The molecular formula is C17H18ClFN4O2. The molecule has 1 fully saturated rings. The van der Waals surface area contributed by atoms with Crippen molar-refractivity contribution in [3.05, 3.63) is 40.8 Å². The molecule has 1 saturated heterocycles. The normalized spacial score (nSPS) is 14.4. The highest BCUT2D eigenvalue weighted by atomic mass is 35.5. The molecule has 0 atom stereocenters. The zero-order chi connectivity index (χ0) is 18.2. The molecule has 0 saturated carbocycles. The first-order chi connectivity index (χ1) is 12.0. The van der Waals surface area contributed by atoms with Crippen LogP contribution in [0, 0.1) is 17.1 Å². The van der Waals surface area contributed by atoms with Gasteiger partial charge in [-0.15, -0.1) is 0 Å². The van der Waals surface area contributed by atoms with Crippen molar-refractivity contribution in [1.82, 2.24) is 10.2 Å². The zero-order valence-electron chi connectivity index (χ0n) is 13.5. The number of carbonyl (C=O) groups excluding carboxylic acids is 2. The lowest BCUT2D eigenvalue weighted by Gasteiger charge is -2.15. The molecule has 0 bridgehead atoms. The maximum Gasteiger partial charge on any atom is 0.263 e. The van der Waals surface area contributed by atoms with Crippen LogP contribution in [0.3, 0.4) is 0 Å². The summed E-state index contributed by atoms with van der Waals surface area (Å²) in [5, 5.41) is 14.4. The fourth-order valence-electron chi connectivity index (χ4n) is 2.40. The van der Waals surface area contributed by atoms with Gasteiger partial charge in [-0.1, -0.05) is 11.6 Å². The van der Waals surface area contributed by atoms with Crippen molar-refractivity contribution < 1.29 is 14.0 Å². The molecular weight excluding hydrogens is 347 g/mol. The lowest BCUT2D eigenvalue weighted by atomic mass is 10.2. The summed E-state index contributed by atoms with van der Waals surface area (Å²) < 4.78 is 13.1. The third-order valence-corrected chi connectivity index (χ3v) is 4.02. The van der Waals surface area contributed by atoms with Gasteiger partial charge in [0, 0.05) is 37.9 Å². The van der Waals surface area contributed by atoms with E-state index >= 15 is 0 Å². The van der Waals surface area contributed by atoms with E-state index in [0.29, 0.717) is 31.6 Å². The van der Waals surface area contributed by atoms with Gasteiger partial charge in [-0.25, -0.2) is 4.39 Å². The van der Waals surface area contributed by atoms with Crippen molar-refractivity contribution in [2.45, 2.75) is 19.3 Å². The molecule has 1 aromatic rings. The lowest BCUT2D eigenvalue weighted by Crippen LogP contribution is -2.31. The molecule has 25 heavy (non-hydrogen) atoms. The minimum atomic E-state index is -0.550. The minimum absolute atomic E-state index is 0.0576. The largest absolute Gasteiger partial charge is 0.360 e. The first kappa shape index (κ1) is 18.7. The van der Waals surface area contributed by atoms with Crippen LogP contribution in [0.25, 0.3) is 0 Å². The Kier molecular flexibility index (Phi) is 6.78. The Morgan fingerprint density at radius 3 is 2.92 bits per heavy atom. The highest BCUT2D eigenvalue weighted by molar-refractivity contribution is 6.31. The summed E-state index contributed by atoms with van der Waals surface area (Å²) in [4.78, 5) is 25.2. The quantitative estimate of drug-likeness (QED) is 0.442. The van der Waals surface area contributed by atoms with E-state index in [1.54, 1.807) is 11.0 Å². The van der Waals surface area contributed by atoms with Crippen LogP contribution >= 0.6 is 11.6 Å². The molecule has 1 heterocycles. The highest BCUT2D eigenvalue weighted by Gasteiger charge is 2.19. The average Bonchev–Trinajstić information content (AvgIpc) is 3.00. The van der Waals surface area contributed by atoms with Gasteiger partial charge in [-0.3, -0.25) is 9.59 Å². The second kappa shape index (κ2) is 9.04. The predicted molar refractivity (Wildman–Crippen MR) is 92.2 cm³/mol. The lowest BCUT2D eigenvalue weighted by molar-refractivity contribution is -0.127. The van der Waals surface area contributed by atoms with Crippen LogP contribution in [0.2, 0.25) is 5.02 Å². The van der Waals surface area contributed by atoms with E-state index in [1.807, 2.05) is 0 Å². The van der Waals surface area contributed by atoms with E-state index in [1.165, 1.54) is 24.4 Å². The van der Waals surface area contributed by atoms with Crippen LogP contribution in [-0.2, 0) is 9.59 Å². The van der Waals surface area contributed by atoms with E-state index in [-0.39, 0.29) is 16.5 Å². The van der Waals surface area contributed by atoms with E-state index < -0.39 is 11.7 Å². The molecule has 0 aliphatic carbocycles. The first-order valence-corrected chi connectivity index (χ1v) is 8.27. The van der Waals surface area contributed by atoms with Gasteiger partial charge in [-0.2, -0.15) is 5.26 Å². The molecule has 1 aliphatic heterocycles. The SMILES string of the molecule is N#C/C(=C/Nc1ccc(F)c(Cl)c1)C(=O)NCCCN1CCCC1=O. The van der Waals surface area contributed by atoms with Gasteiger partial charge in [0.05, 0.1) is 5.02 Å². The van der Waals surface area contributed by atoms with Crippen LogP contribution in [0.4, 0.5) is 10.1 Å². The Hall–Kier alpha value is -2.59. The standard InChI is InChI=1S/C17H18ClFN4O2/c18-14-9-13(4-5-15(14)19)22-11-12(10-20)17(25)21-6-2-8-23-7-1-3-16(23)24/h4-5,9,11,22H,1-3,6-8H2,(H,21,25)/b12-11-. The molecule has 6 nitrogen and oxygen atoms in total. The van der Waals surface area contributed by atoms with Crippen molar-refractivity contribution in [1.29, 1.82) is 5.26 Å². The van der Waals surface area contributed by atoms with Gasteiger partial charge in [0.25, 0.3) is 5.91 Å². The molecule has 0 unspecified atom stereocenters. The number of amides is 2. The summed E-state index contributed by atoms with van der Waals surface area (Å²) in [6.45, 7) is 1.72. The number of carbonyl (C=O) groups is 2. The second-order valence-corrected chi connectivity index (χ2v) is 5.94. The summed E-state index contributed by atoms with van der Waals surface area (Å²) in [5.41, 5.74) is 0.345. The van der Waals surface area contributed by atoms with Gasteiger partial charge in [0.15, 0.2) is 0 Å². The monoisotopic (exact) mass is 364 g/mol. The van der Waals surface area contributed by atoms with Crippen LogP contribution in [0.5, 0.6) is 0 Å². The van der Waals surface area contributed by atoms with Crippen molar-refractivity contribution >= 4 is 29.1 Å². The summed E-state index contributed by atoms with van der Waals surface area (Å²) in [6.07, 6.45) is 3.33. The van der Waals surface area contributed by atoms with E-state index in [9.17, 15) is 14.0 Å². The number of hydrogen-bond donors (Lipinski definition) is 2. The number of benzene rings is 1. The van der Waals surface area contributed by atoms with E-state index in [0.717, 1.165) is 13.0 Å². The van der Waals surface area contributed by atoms with Crippen molar-refractivity contribution in [2.75, 3.05) is 25.0 Å². The Morgan fingerprint density at radius 2 is 2.28 bits per heavy atom. The van der Waals surface area contributed by atoms with E-state index in [2.05, 4.69) is 10.6 Å². The van der Waals surface area contributed by atoms with Gasteiger partial charge >= 0.3 is 0 Å². The van der Waals surface area contributed by atoms with Crippen LogP contribution in [0.15, 0.2) is 30.0 Å². The number of nitriles is 1. The van der Waals surface area contributed by atoms with Gasteiger partial charge in [0.1, 0.15) is 17.5 Å². The molecule has 0 radical (unpaired) electrons. The number of rotatable bonds is 7. The number of hydrogen-bond acceptors (Lipinski definition) is 4. The number of nitrogens with one attached hydrogen (secondary N) is 2. The molecule has 132 valence electrons. The molecule has 1 aromatic carbocycles. The minimum Gasteiger partial charge on any atom is -0.360 e. The van der Waals surface area contributed by atoms with Gasteiger partial charge in [-0.05, 0) is 31.0 Å². The van der Waals surface area contributed by atoms with Gasteiger partial charge in [0.2, 0.25) is 5.91 Å². The summed E-state index contributed by atoms with van der Waals surface area (Å²) in [7, 11) is 0. The maximum absolute atomic E-state index is 13.1. The molecule has 8 heteroatoms. The molecule has 0 spiro atoms. The fourth-order valence-corrected chi connectivity index (χ4v) is 2.58. The Bertz CT molecular complexity index is 730. The third kappa shape index (κ3) is 5.47. The Labute approximate surface area is 150 Å². The van der Waals surface area contributed by atoms with Crippen molar-refractivity contribution in [2.24, 2.45) is 0 Å². The fraction of sp³-hybridized carbons (Fsp3) is 0.353. The highest BCUT2D eigenvalue weighted by Crippen LogP contribution is 2.19. The third-order valence-electron chi connectivity index (χ3n) is 3.73. The van der Waals surface area contributed by atoms with E-state index in [4.69, 9.17) is 16.9 Å². The number of nitrogens with zero attached hydrogens (tertiary/aromatic N) is 2. The Balaban J connectivity index is 1.80. The topological polar surface area (TPSA) is 85.2 Å². The predicted octanol–water partition coefficient (Wildman–Crippen LogP) is 2.43. The van der Waals surface area contributed by atoms with Crippen LogP contribution in [-0.4, -0.2) is 36.3 Å². The first-order valence-electron chi connectivity index (χ1n) is 7.89. The van der Waals surface area contributed by atoms with Crippen molar-refractivity contribution in [3.8, 4) is 6.07 Å². The second-order valence-electron chi connectivity index (χ2n) is 5.54. The summed E-state index contributed by atoms with van der Waals surface area (Å²) >= 11 is 5.67. The van der Waals surface area contributed by atoms with Crippen LogP contribution in [0.1, 0.15) is 19.3 Å². The zero-order valence-corrected chi connectivity index (χ0v) is 14.3. The molecule has 2 N–H and O–H groups in total. The van der Waals surface area contributed by atoms with Crippen LogP contribution < -0.4 is 10.6 Å². The maximum atomic E-state index is 13.1. The van der Waals surface area contributed by atoms with Crippen molar-refractivity contribution in [3.63, 3.8) is 0 Å². The Morgan fingerprint density at radius 1 is 1.48 bits per heavy atom. The molecule has 0 aromatic heterocycles.